The smallest absolute Gasteiger partial charge is 0.335 e. The van der Waals surface area contributed by atoms with E-state index in [1.54, 1.807) is 0 Å². The van der Waals surface area contributed by atoms with E-state index in [9.17, 15) is 14.4 Å². The third-order valence-electron chi connectivity index (χ3n) is 2.35. The quantitative estimate of drug-likeness (QED) is 0.751. The minimum atomic E-state index is -1.13. The largest absolute Gasteiger partial charge is 0.478 e. The first-order chi connectivity index (χ1) is 9.08. The number of nitrogens with one attached hydrogen (secondary N) is 2. The van der Waals surface area contributed by atoms with Crippen molar-refractivity contribution >= 4 is 17.6 Å². The summed E-state index contributed by atoms with van der Waals surface area (Å²) in [6.07, 6.45) is 1.32. The Hall–Kier alpha value is -2.96. The number of nitrogens with zero attached hydrogens (tertiary/aromatic N) is 1. The molecule has 7 heteroatoms. The molecule has 2 aromatic rings. The van der Waals surface area contributed by atoms with Crippen molar-refractivity contribution in [3.8, 4) is 0 Å². The average molecular weight is 259 g/mol. The zero-order valence-corrected chi connectivity index (χ0v) is 9.58. The Balaban J connectivity index is 2.26. The van der Waals surface area contributed by atoms with Gasteiger partial charge < -0.3 is 10.4 Å². The lowest BCUT2D eigenvalue weighted by atomic mass is 10.1. The van der Waals surface area contributed by atoms with Crippen LogP contribution in [-0.2, 0) is 0 Å². The molecule has 0 aliphatic carbocycles. The fourth-order valence-electron chi connectivity index (χ4n) is 1.43. The highest BCUT2D eigenvalue weighted by Crippen LogP contribution is 2.07. The van der Waals surface area contributed by atoms with Crippen molar-refractivity contribution in [3.63, 3.8) is 0 Å². The Labute approximate surface area is 106 Å². The fraction of sp³-hybridized carbons (Fsp3) is 0. The molecule has 3 N–H and O–H groups in total. The number of amides is 1. The van der Waals surface area contributed by atoms with Crippen molar-refractivity contribution in [1.82, 2.24) is 10.2 Å². The van der Waals surface area contributed by atoms with Gasteiger partial charge in [0.05, 0.1) is 5.56 Å². The Kier molecular flexibility index (Phi) is 3.37. The summed E-state index contributed by atoms with van der Waals surface area (Å²) in [7, 11) is 0. The third kappa shape index (κ3) is 2.83. The van der Waals surface area contributed by atoms with Crippen LogP contribution >= 0.6 is 0 Å². The Morgan fingerprint density at radius 2 is 1.95 bits per heavy atom. The van der Waals surface area contributed by atoms with Gasteiger partial charge in [-0.1, -0.05) is 6.07 Å². The molecule has 0 fully saturated rings. The van der Waals surface area contributed by atoms with E-state index in [4.69, 9.17) is 5.11 Å². The second-order valence-electron chi connectivity index (χ2n) is 3.64. The maximum Gasteiger partial charge on any atom is 0.335 e. The molecule has 0 radical (unpaired) electrons. The van der Waals surface area contributed by atoms with E-state index >= 15 is 0 Å². The summed E-state index contributed by atoms with van der Waals surface area (Å²) in [6, 6.07) is 6.86. The third-order valence-corrected chi connectivity index (χ3v) is 2.35. The lowest BCUT2D eigenvalue weighted by Gasteiger charge is -2.04. The zero-order chi connectivity index (χ0) is 13.8. The number of aromatic carboxylic acids is 1. The molecule has 1 aromatic carbocycles. The van der Waals surface area contributed by atoms with Crippen molar-refractivity contribution < 1.29 is 14.7 Å². The van der Waals surface area contributed by atoms with Crippen molar-refractivity contribution in [1.29, 1.82) is 0 Å². The van der Waals surface area contributed by atoms with Crippen LogP contribution < -0.4 is 10.9 Å². The average Bonchev–Trinajstić information content (AvgIpc) is 2.41. The number of carbonyl (C=O) groups is 2. The topological polar surface area (TPSA) is 112 Å². The number of H-pyrrole nitrogens is 1. The summed E-state index contributed by atoms with van der Waals surface area (Å²) >= 11 is 0. The van der Waals surface area contributed by atoms with Crippen LogP contribution in [0, 0.1) is 0 Å². The number of hydrogen-bond acceptors (Lipinski definition) is 4. The first-order valence-corrected chi connectivity index (χ1v) is 5.26. The van der Waals surface area contributed by atoms with Gasteiger partial charge in [-0.2, -0.15) is 5.10 Å². The number of rotatable bonds is 3. The maximum absolute atomic E-state index is 11.9. The fourth-order valence-corrected chi connectivity index (χ4v) is 1.43. The van der Waals surface area contributed by atoms with Gasteiger partial charge in [-0.25, -0.2) is 9.89 Å². The monoisotopic (exact) mass is 259 g/mol. The molecule has 0 unspecified atom stereocenters. The number of carbonyl (C=O) groups excluding carboxylic acids is 1. The maximum atomic E-state index is 11.9. The highest BCUT2D eigenvalue weighted by molar-refractivity contribution is 6.05. The molecule has 1 amide bonds. The highest BCUT2D eigenvalue weighted by atomic mass is 16.4. The van der Waals surface area contributed by atoms with Crippen molar-refractivity contribution in [3.05, 3.63) is 58.0 Å². The first kappa shape index (κ1) is 12.5. The predicted octanol–water partition coefficient (Wildman–Crippen LogP) is 0.720. The highest BCUT2D eigenvalue weighted by Gasteiger charge is 2.11. The molecule has 0 aliphatic heterocycles. The zero-order valence-electron chi connectivity index (χ0n) is 9.58. The van der Waals surface area contributed by atoms with E-state index in [0.29, 0.717) is 0 Å². The van der Waals surface area contributed by atoms with Gasteiger partial charge in [0.25, 0.3) is 11.5 Å². The molecule has 1 aromatic heterocycles. The van der Waals surface area contributed by atoms with Crippen LogP contribution in [0.1, 0.15) is 20.7 Å². The number of carboxylic acids is 1. The minimum Gasteiger partial charge on any atom is -0.478 e. The van der Waals surface area contributed by atoms with Gasteiger partial charge in [-0.15, -0.1) is 0 Å². The minimum absolute atomic E-state index is 0.00344. The molecule has 0 spiro atoms. The van der Waals surface area contributed by atoms with E-state index in [-0.39, 0.29) is 16.8 Å². The molecule has 7 nitrogen and oxygen atoms in total. The van der Waals surface area contributed by atoms with Gasteiger partial charge in [-0.3, -0.25) is 9.59 Å². The Bertz CT molecular complexity index is 693. The van der Waals surface area contributed by atoms with E-state index < -0.39 is 17.4 Å². The molecule has 0 saturated heterocycles. The normalized spacial score (nSPS) is 9.89. The van der Waals surface area contributed by atoms with Gasteiger partial charge in [0.15, 0.2) is 0 Å². The van der Waals surface area contributed by atoms with Gasteiger partial charge in [0, 0.05) is 11.8 Å². The summed E-state index contributed by atoms with van der Waals surface area (Å²) < 4.78 is 0. The molecule has 2 rings (SSSR count). The second kappa shape index (κ2) is 5.13. The number of carboxylic acid groups (broad SMARTS) is 1. The lowest BCUT2D eigenvalue weighted by molar-refractivity contribution is 0.0697. The van der Waals surface area contributed by atoms with Crippen LogP contribution in [0.2, 0.25) is 0 Å². The van der Waals surface area contributed by atoms with E-state index in [1.165, 1.54) is 36.5 Å². The number of aromatic nitrogens is 2. The van der Waals surface area contributed by atoms with Crippen molar-refractivity contribution in [2.45, 2.75) is 0 Å². The summed E-state index contributed by atoms with van der Waals surface area (Å²) in [5.74, 6) is -1.70. The van der Waals surface area contributed by atoms with Gasteiger partial charge in [-0.05, 0) is 24.3 Å². The first-order valence-electron chi connectivity index (χ1n) is 5.26. The van der Waals surface area contributed by atoms with Gasteiger partial charge in [0.1, 0.15) is 5.69 Å². The van der Waals surface area contributed by atoms with Crippen molar-refractivity contribution in [2.24, 2.45) is 0 Å². The standard InChI is InChI=1S/C12H9N3O4/c16-10(14-9-4-5-13-15-11(9)17)7-2-1-3-8(6-7)12(18)19/h1-6H,(H,15,17)(H,18,19)(H,13,14,16). The van der Waals surface area contributed by atoms with Crippen LogP contribution in [0.5, 0.6) is 0 Å². The molecule has 19 heavy (non-hydrogen) atoms. The molecule has 96 valence electrons. The van der Waals surface area contributed by atoms with E-state index in [0.717, 1.165) is 0 Å². The SMILES string of the molecule is O=C(O)c1cccc(C(=O)Nc2ccn[nH]c2=O)c1. The number of hydrogen-bond donors (Lipinski definition) is 3. The van der Waals surface area contributed by atoms with Crippen molar-refractivity contribution in [2.75, 3.05) is 5.32 Å². The van der Waals surface area contributed by atoms with Crippen LogP contribution in [0.3, 0.4) is 0 Å². The van der Waals surface area contributed by atoms with Gasteiger partial charge >= 0.3 is 5.97 Å². The molecular formula is C12H9N3O4. The molecule has 1 heterocycles. The van der Waals surface area contributed by atoms with E-state index in [2.05, 4.69) is 15.5 Å². The molecule has 0 saturated carbocycles. The van der Waals surface area contributed by atoms with Gasteiger partial charge in [0.2, 0.25) is 0 Å². The summed E-state index contributed by atoms with van der Waals surface area (Å²) in [4.78, 5) is 34.0. The number of anilines is 1. The Morgan fingerprint density at radius 1 is 1.21 bits per heavy atom. The predicted molar refractivity (Wildman–Crippen MR) is 66.2 cm³/mol. The molecule has 0 bridgehead atoms. The summed E-state index contributed by atoms with van der Waals surface area (Å²) in [5, 5.41) is 16.9. The molecule has 0 aliphatic rings. The summed E-state index contributed by atoms with van der Waals surface area (Å²) in [6.45, 7) is 0. The molecular weight excluding hydrogens is 250 g/mol. The number of aromatic amines is 1. The number of benzene rings is 1. The molecule has 0 atom stereocenters. The van der Waals surface area contributed by atoms with E-state index in [1.807, 2.05) is 0 Å². The summed E-state index contributed by atoms with van der Waals surface area (Å²) in [5.41, 5.74) is -0.349. The lowest BCUT2D eigenvalue weighted by Crippen LogP contribution is -2.20. The van der Waals surface area contributed by atoms with Crippen LogP contribution in [0.25, 0.3) is 0 Å². The van der Waals surface area contributed by atoms with Crippen LogP contribution in [0.15, 0.2) is 41.3 Å². The second-order valence-corrected chi connectivity index (χ2v) is 3.64. The van der Waals surface area contributed by atoms with Crippen LogP contribution in [-0.4, -0.2) is 27.2 Å². The Morgan fingerprint density at radius 3 is 2.63 bits per heavy atom. The van der Waals surface area contributed by atoms with Crippen LogP contribution in [0.4, 0.5) is 5.69 Å².